The van der Waals surface area contributed by atoms with E-state index < -0.39 is 0 Å². The summed E-state index contributed by atoms with van der Waals surface area (Å²) in [6.45, 7) is 4.37. The second-order valence-electron chi connectivity index (χ2n) is 6.01. The van der Waals surface area contributed by atoms with Crippen molar-refractivity contribution in [2.45, 2.75) is 47.6 Å². The van der Waals surface area contributed by atoms with E-state index >= 15 is 0 Å². The molecule has 3 rings (SSSR count). The molecule has 1 aromatic heterocycles. The van der Waals surface area contributed by atoms with Crippen LogP contribution in [0.25, 0.3) is 0 Å². The predicted molar refractivity (Wildman–Crippen MR) is 96.0 cm³/mol. The highest BCUT2D eigenvalue weighted by Gasteiger charge is 2.39. The second kappa shape index (κ2) is 7.35. The van der Waals surface area contributed by atoms with Crippen LogP contribution >= 0.6 is 23.1 Å². The molecule has 128 valence electrons. The fourth-order valence-electron chi connectivity index (χ4n) is 2.93. The summed E-state index contributed by atoms with van der Waals surface area (Å²) in [5.41, 5.74) is 0.445. The van der Waals surface area contributed by atoms with Crippen molar-refractivity contribution in [1.29, 1.82) is 0 Å². The zero-order valence-electron chi connectivity index (χ0n) is 14.1. The van der Waals surface area contributed by atoms with E-state index in [1.165, 1.54) is 0 Å². The van der Waals surface area contributed by atoms with Gasteiger partial charge in [-0.25, -0.2) is 4.98 Å². The number of aromatic nitrogens is 1. The molecule has 2 heterocycles. The highest BCUT2D eigenvalue weighted by molar-refractivity contribution is 8.01. The lowest BCUT2D eigenvalue weighted by Gasteiger charge is -2.37. The lowest BCUT2D eigenvalue weighted by Crippen LogP contribution is -2.38. The Kier molecular flexibility index (Phi) is 5.39. The Morgan fingerprint density at radius 3 is 2.79 bits per heavy atom. The van der Waals surface area contributed by atoms with Crippen LogP contribution in [0.2, 0.25) is 0 Å². The van der Waals surface area contributed by atoms with Crippen molar-refractivity contribution in [2.75, 3.05) is 13.7 Å². The Morgan fingerprint density at radius 1 is 1.42 bits per heavy atom. The van der Waals surface area contributed by atoms with Crippen LogP contribution in [0.5, 0.6) is 0 Å². The molecule has 0 bridgehead atoms. The van der Waals surface area contributed by atoms with Gasteiger partial charge in [0.1, 0.15) is 5.60 Å². The summed E-state index contributed by atoms with van der Waals surface area (Å²) in [5.74, 6) is 0.0822. The number of ether oxygens (including phenoxy) is 2. The number of Topliss-reactive ketones (excluding diaryl/α,β-unsaturated/α-hetero) is 1. The Bertz CT molecular complexity index is 713. The van der Waals surface area contributed by atoms with Crippen molar-refractivity contribution in [1.82, 2.24) is 4.98 Å². The van der Waals surface area contributed by atoms with Crippen molar-refractivity contribution in [3.05, 3.63) is 40.9 Å². The van der Waals surface area contributed by atoms with Crippen LogP contribution in [-0.2, 0) is 15.1 Å². The summed E-state index contributed by atoms with van der Waals surface area (Å²) >= 11 is 3.29. The molecule has 0 aliphatic carbocycles. The molecule has 24 heavy (non-hydrogen) atoms. The lowest BCUT2D eigenvalue weighted by molar-refractivity contribution is -0.120. The molecule has 6 heteroatoms. The smallest absolute Gasteiger partial charge is 0.159 e. The molecule has 1 saturated heterocycles. The van der Waals surface area contributed by atoms with E-state index in [2.05, 4.69) is 11.9 Å². The van der Waals surface area contributed by atoms with Crippen molar-refractivity contribution < 1.29 is 14.3 Å². The first-order chi connectivity index (χ1) is 11.5. The molecule has 0 radical (unpaired) electrons. The zero-order chi connectivity index (χ0) is 17.2. The molecular formula is C18H21NO3S2. The second-order valence-corrected chi connectivity index (χ2v) is 8.36. The average molecular weight is 364 g/mol. The Hall–Kier alpha value is -1.21. The molecule has 0 saturated carbocycles. The maximum Gasteiger partial charge on any atom is 0.159 e. The standard InChI is InChI=1S/C18H21NO3S2/c1-12-10-18(21-3,8-9-22-12)16-11-19-17(24-16)23-15-6-4-14(5-7-15)13(2)20/h4-7,11-12H,8-10H2,1-3H3/t12-,18-/m0/s1. The molecule has 1 fully saturated rings. The molecule has 0 unspecified atom stereocenters. The average Bonchev–Trinajstić information content (AvgIpc) is 3.04. The summed E-state index contributed by atoms with van der Waals surface area (Å²) in [5, 5.41) is 0. The quantitative estimate of drug-likeness (QED) is 0.730. The van der Waals surface area contributed by atoms with Gasteiger partial charge in [0.25, 0.3) is 0 Å². The number of hydrogen-bond acceptors (Lipinski definition) is 6. The summed E-state index contributed by atoms with van der Waals surface area (Å²) < 4.78 is 12.5. The van der Waals surface area contributed by atoms with Gasteiger partial charge < -0.3 is 9.47 Å². The van der Waals surface area contributed by atoms with E-state index in [-0.39, 0.29) is 17.5 Å². The molecular weight excluding hydrogens is 342 g/mol. The molecule has 2 atom stereocenters. The number of benzene rings is 1. The minimum Gasteiger partial charge on any atom is -0.378 e. The van der Waals surface area contributed by atoms with Gasteiger partial charge in [0.2, 0.25) is 0 Å². The Labute approximate surface area is 150 Å². The van der Waals surface area contributed by atoms with Crippen LogP contribution in [0.1, 0.15) is 41.9 Å². The van der Waals surface area contributed by atoms with Gasteiger partial charge >= 0.3 is 0 Å². The topological polar surface area (TPSA) is 48.4 Å². The molecule has 4 nitrogen and oxygen atoms in total. The third-order valence-corrected chi connectivity index (χ3v) is 6.58. The minimum absolute atomic E-state index is 0.0822. The highest BCUT2D eigenvalue weighted by atomic mass is 32.2. The number of methoxy groups -OCH3 is 1. The number of nitrogens with zero attached hydrogens (tertiary/aromatic N) is 1. The molecule has 0 N–H and O–H groups in total. The van der Waals surface area contributed by atoms with Crippen LogP contribution in [-0.4, -0.2) is 30.6 Å². The molecule has 0 spiro atoms. The van der Waals surface area contributed by atoms with Crippen molar-refractivity contribution >= 4 is 28.9 Å². The summed E-state index contributed by atoms with van der Waals surface area (Å²) in [6, 6.07) is 7.64. The van der Waals surface area contributed by atoms with Crippen LogP contribution in [0.4, 0.5) is 0 Å². The van der Waals surface area contributed by atoms with E-state index in [9.17, 15) is 4.79 Å². The molecule has 1 aliphatic rings. The number of carbonyl (C=O) groups excluding carboxylic acids is 1. The highest BCUT2D eigenvalue weighted by Crippen LogP contribution is 2.43. The van der Waals surface area contributed by atoms with Gasteiger partial charge in [0.15, 0.2) is 10.1 Å². The summed E-state index contributed by atoms with van der Waals surface area (Å²) in [4.78, 5) is 18.1. The SMILES string of the molecule is CO[C@@]1(c2cnc(Sc3ccc(C(C)=O)cc3)s2)CCO[C@@H](C)C1. The number of rotatable bonds is 5. The van der Waals surface area contributed by atoms with Crippen molar-refractivity contribution in [3.8, 4) is 0 Å². The predicted octanol–water partition coefficient (Wildman–Crippen LogP) is 4.54. The third-order valence-electron chi connectivity index (χ3n) is 4.32. The number of carbonyl (C=O) groups is 1. The molecule has 1 aromatic carbocycles. The van der Waals surface area contributed by atoms with Gasteiger partial charge in [-0.2, -0.15) is 0 Å². The van der Waals surface area contributed by atoms with Crippen LogP contribution < -0.4 is 0 Å². The first kappa shape index (κ1) is 17.6. The van der Waals surface area contributed by atoms with Gasteiger partial charge in [-0.1, -0.05) is 23.9 Å². The zero-order valence-corrected chi connectivity index (χ0v) is 15.7. The maximum absolute atomic E-state index is 11.3. The van der Waals surface area contributed by atoms with E-state index in [0.717, 1.165) is 32.5 Å². The van der Waals surface area contributed by atoms with E-state index in [0.29, 0.717) is 6.61 Å². The van der Waals surface area contributed by atoms with Crippen LogP contribution in [0.3, 0.4) is 0 Å². The van der Waals surface area contributed by atoms with Gasteiger partial charge in [0, 0.05) is 36.6 Å². The third kappa shape index (κ3) is 3.72. The largest absolute Gasteiger partial charge is 0.378 e. The van der Waals surface area contributed by atoms with E-state index in [1.807, 2.05) is 30.5 Å². The van der Waals surface area contributed by atoms with Gasteiger partial charge in [-0.15, -0.1) is 11.3 Å². The van der Waals surface area contributed by atoms with E-state index in [1.54, 1.807) is 37.1 Å². The summed E-state index contributed by atoms with van der Waals surface area (Å²) in [6.07, 6.45) is 3.82. The molecule has 0 amide bonds. The maximum atomic E-state index is 11.3. The number of ketones is 1. The first-order valence-electron chi connectivity index (χ1n) is 7.94. The Balaban J connectivity index is 1.76. The first-order valence-corrected chi connectivity index (χ1v) is 9.57. The van der Waals surface area contributed by atoms with Crippen LogP contribution in [0, 0.1) is 0 Å². The van der Waals surface area contributed by atoms with E-state index in [4.69, 9.17) is 9.47 Å². The Morgan fingerprint density at radius 2 is 2.17 bits per heavy atom. The fraction of sp³-hybridized carbons (Fsp3) is 0.444. The van der Waals surface area contributed by atoms with Crippen molar-refractivity contribution in [3.63, 3.8) is 0 Å². The van der Waals surface area contributed by atoms with Gasteiger partial charge in [-0.05, 0) is 26.0 Å². The minimum atomic E-state index is -0.285. The fourth-order valence-corrected chi connectivity index (χ4v) is 5.09. The van der Waals surface area contributed by atoms with Gasteiger partial charge in [0.05, 0.1) is 17.6 Å². The molecule has 2 aromatic rings. The normalized spacial score (nSPS) is 24.0. The van der Waals surface area contributed by atoms with Gasteiger partial charge in [-0.3, -0.25) is 4.79 Å². The monoisotopic (exact) mass is 363 g/mol. The number of hydrogen-bond donors (Lipinski definition) is 0. The van der Waals surface area contributed by atoms with Crippen LogP contribution in [0.15, 0.2) is 39.7 Å². The number of thiazole rings is 1. The summed E-state index contributed by atoms with van der Waals surface area (Å²) in [7, 11) is 1.77. The van der Waals surface area contributed by atoms with Crippen molar-refractivity contribution in [2.24, 2.45) is 0 Å². The molecule has 1 aliphatic heterocycles. The lowest BCUT2D eigenvalue weighted by atomic mass is 9.89.